The van der Waals surface area contributed by atoms with E-state index in [1.807, 2.05) is 6.92 Å². The van der Waals surface area contributed by atoms with Gasteiger partial charge in [0, 0.05) is 31.9 Å². The number of nitrogens with zero attached hydrogens (tertiary/aromatic N) is 4. The summed E-state index contributed by atoms with van der Waals surface area (Å²) in [6.07, 6.45) is 4.92. The first-order valence-electron chi connectivity index (χ1n) is 8.15. The minimum atomic E-state index is -0.413. The van der Waals surface area contributed by atoms with Gasteiger partial charge in [-0.2, -0.15) is 5.10 Å². The van der Waals surface area contributed by atoms with Gasteiger partial charge in [-0.05, 0) is 20.3 Å². The third-order valence-electron chi connectivity index (χ3n) is 4.18. The Kier molecular flexibility index (Phi) is 4.64. The van der Waals surface area contributed by atoms with Crippen LogP contribution in [0, 0.1) is 0 Å². The van der Waals surface area contributed by atoms with E-state index in [1.165, 1.54) is 6.20 Å². The number of likely N-dealkylation sites (tertiary alicyclic amines) is 1. The number of anilines is 1. The molecule has 3 heterocycles. The maximum Gasteiger partial charge on any atom is 0.341 e. The highest BCUT2D eigenvalue weighted by atomic mass is 16.5. The van der Waals surface area contributed by atoms with Crippen LogP contribution in [-0.4, -0.2) is 57.8 Å². The summed E-state index contributed by atoms with van der Waals surface area (Å²) in [5, 5.41) is 8.51. The largest absolute Gasteiger partial charge is 0.462 e. The number of aromatic nitrogens is 3. The maximum absolute atomic E-state index is 12.3. The molecule has 0 saturated carbocycles. The molecular formula is C16H21N5O3. The van der Waals surface area contributed by atoms with Gasteiger partial charge in [0.1, 0.15) is 5.56 Å². The van der Waals surface area contributed by atoms with Gasteiger partial charge in [0.15, 0.2) is 5.65 Å². The van der Waals surface area contributed by atoms with Crippen LogP contribution in [0.5, 0.6) is 0 Å². The zero-order chi connectivity index (χ0) is 17.1. The molecule has 8 nitrogen and oxygen atoms in total. The van der Waals surface area contributed by atoms with Crippen molar-refractivity contribution in [2.75, 3.05) is 25.0 Å². The summed E-state index contributed by atoms with van der Waals surface area (Å²) in [5.74, 6) is -0.413. The van der Waals surface area contributed by atoms with Crippen LogP contribution in [0.1, 0.15) is 30.6 Å². The van der Waals surface area contributed by atoms with Crippen LogP contribution in [0.4, 0.5) is 5.69 Å². The molecule has 2 aromatic heterocycles. The molecule has 1 aliphatic rings. The average Bonchev–Trinajstić information content (AvgIpc) is 3.21. The van der Waals surface area contributed by atoms with E-state index in [0.717, 1.165) is 23.9 Å². The van der Waals surface area contributed by atoms with Crippen molar-refractivity contribution < 1.29 is 14.3 Å². The fourth-order valence-electron chi connectivity index (χ4n) is 2.98. The van der Waals surface area contributed by atoms with Gasteiger partial charge in [-0.25, -0.2) is 14.5 Å². The molecule has 0 spiro atoms. The predicted molar refractivity (Wildman–Crippen MR) is 88.8 cm³/mol. The fraction of sp³-hybridized carbons (Fsp3) is 0.500. The first kappa shape index (κ1) is 16.2. The Labute approximate surface area is 139 Å². The van der Waals surface area contributed by atoms with Crippen molar-refractivity contribution >= 4 is 29.1 Å². The van der Waals surface area contributed by atoms with Crippen molar-refractivity contribution in [1.82, 2.24) is 19.7 Å². The molecule has 1 amide bonds. The second-order valence-electron chi connectivity index (χ2n) is 5.70. The summed E-state index contributed by atoms with van der Waals surface area (Å²) in [7, 11) is 0. The highest BCUT2D eigenvalue weighted by Gasteiger charge is 2.25. The molecule has 0 unspecified atom stereocenters. The third-order valence-corrected chi connectivity index (χ3v) is 4.18. The van der Waals surface area contributed by atoms with Gasteiger partial charge in [-0.1, -0.05) is 0 Å². The van der Waals surface area contributed by atoms with E-state index in [4.69, 9.17) is 4.74 Å². The molecular weight excluding hydrogens is 310 g/mol. The quantitative estimate of drug-likeness (QED) is 0.633. The number of aryl methyl sites for hydroxylation is 1. The second kappa shape index (κ2) is 6.86. The van der Waals surface area contributed by atoms with Crippen LogP contribution in [-0.2, 0) is 16.1 Å². The fourth-order valence-corrected chi connectivity index (χ4v) is 2.98. The van der Waals surface area contributed by atoms with Gasteiger partial charge in [-0.3, -0.25) is 4.79 Å². The molecule has 1 aliphatic heterocycles. The van der Waals surface area contributed by atoms with Gasteiger partial charge in [0.2, 0.25) is 6.41 Å². The smallest absolute Gasteiger partial charge is 0.341 e. The number of hydrogen-bond acceptors (Lipinski definition) is 6. The topological polar surface area (TPSA) is 89.3 Å². The van der Waals surface area contributed by atoms with E-state index in [2.05, 4.69) is 15.4 Å². The van der Waals surface area contributed by atoms with Gasteiger partial charge < -0.3 is 15.0 Å². The molecule has 2 aromatic rings. The summed E-state index contributed by atoms with van der Waals surface area (Å²) in [6, 6.07) is 0.0824. The Morgan fingerprint density at radius 2 is 2.29 bits per heavy atom. The van der Waals surface area contributed by atoms with Crippen molar-refractivity contribution in [1.29, 1.82) is 0 Å². The Bertz CT molecular complexity index is 757. The molecule has 0 aliphatic carbocycles. The summed E-state index contributed by atoms with van der Waals surface area (Å²) in [4.78, 5) is 29.3. The number of amides is 1. The Balaban J connectivity index is 2.00. The Morgan fingerprint density at radius 1 is 1.46 bits per heavy atom. The summed E-state index contributed by atoms with van der Waals surface area (Å²) < 4.78 is 6.92. The Hall–Kier alpha value is -2.64. The van der Waals surface area contributed by atoms with Gasteiger partial charge in [-0.15, -0.1) is 0 Å². The van der Waals surface area contributed by atoms with Crippen LogP contribution >= 0.6 is 0 Å². The van der Waals surface area contributed by atoms with E-state index in [9.17, 15) is 9.59 Å². The van der Waals surface area contributed by atoms with Crippen LogP contribution in [0.15, 0.2) is 12.4 Å². The van der Waals surface area contributed by atoms with E-state index >= 15 is 0 Å². The van der Waals surface area contributed by atoms with Gasteiger partial charge in [0.25, 0.3) is 0 Å². The highest BCUT2D eigenvalue weighted by Crippen LogP contribution is 2.28. The van der Waals surface area contributed by atoms with Crippen molar-refractivity contribution in [3.63, 3.8) is 0 Å². The predicted octanol–water partition coefficient (Wildman–Crippen LogP) is 1.27. The van der Waals surface area contributed by atoms with Crippen molar-refractivity contribution in [2.24, 2.45) is 0 Å². The standard InChI is InChI=1S/C16H21N5O3/c1-3-21-15-12(8-18-21)14(13(7-17-15)16(23)24-4-2)19-11-5-6-20(9-11)10-22/h7-8,10-11H,3-6,9H2,1-2H3,(H,17,19)/t11-/m1/s1. The molecule has 0 aromatic carbocycles. The van der Waals surface area contributed by atoms with Crippen molar-refractivity contribution in [3.8, 4) is 0 Å². The van der Waals surface area contributed by atoms with Crippen molar-refractivity contribution in [2.45, 2.75) is 32.9 Å². The molecule has 24 heavy (non-hydrogen) atoms. The van der Waals surface area contributed by atoms with E-state index in [0.29, 0.717) is 37.5 Å². The lowest BCUT2D eigenvalue weighted by molar-refractivity contribution is -0.117. The monoisotopic (exact) mass is 331 g/mol. The van der Waals surface area contributed by atoms with Crippen LogP contribution in [0.25, 0.3) is 11.0 Å². The molecule has 0 bridgehead atoms. The van der Waals surface area contributed by atoms with Crippen LogP contribution < -0.4 is 5.32 Å². The minimum Gasteiger partial charge on any atom is -0.462 e. The van der Waals surface area contributed by atoms with Crippen molar-refractivity contribution in [3.05, 3.63) is 18.0 Å². The zero-order valence-corrected chi connectivity index (χ0v) is 13.9. The number of hydrogen-bond donors (Lipinski definition) is 1. The number of carbonyl (C=O) groups excluding carboxylic acids is 2. The molecule has 1 atom stereocenters. The second-order valence-corrected chi connectivity index (χ2v) is 5.70. The number of pyridine rings is 1. The Morgan fingerprint density at radius 3 is 2.96 bits per heavy atom. The third kappa shape index (κ3) is 2.91. The number of carbonyl (C=O) groups is 2. The average molecular weight is 331 g/mol. The number of ether oxygens (including phenoxy) is 1. The highest BCUT2D eigenvalue weighted by molar-refractivity contribution is 6.04. The van der Waals surface area contributed by atoms with Gasteiger partial charge >= 0.3 is 5.97 Å². The van der Waals surface area contributed by atoms with Gasteiger partial charge in [0.05, 0.1) is 23.9 Å². The maximum atomic E-state index is 12.3. The van der Waals surface area contributed by atoms with E-state index in [1.54, 1.807) is 22.7 Å². The summed E-state index contributed by atoms with van der Waals surface area (Å²) >= 11 is 0. The zero-order valence-electron chi connectivity index (χ0n) is 13.9. The van der Waals surface area contributed by atoms with Crippen LogP contribution in [0.3, 0.4) is 0 Å². The number of fused-ring (bicyclic) bond motifs is 1. The molecule has 1 fully saturated rings. The van der Waals surface area contributed by atoms with E-state index < -0.39 is 5.97 Å². The summed E-state index contributed by atoms with van der Waals surface area (Å²) in [6.45, 7) is 6.06. The minimum absolute atomic E-state index is 0.0824. The molecule has 1 saturated heterocycles. The lowest BCUT2D eigenvalue weighted by Crippen LogP contribution is -2.26. The molecule has 8 heteroatoms. The molecule has 128 valence electrons. The number of esters is 1. The first-order chi connectivity index (χ1) is 11.7. The molecule has 3 rings (SSSR count). The normalized spacial score (nSPS) is 17.2. The lowest BCUT2D eigenvalue weighted by Gasteiger charge is -2.17. The van der Waals surface area contributed by atoms with Crippen LogP contribution in [0.2, 0.25) is 0 Å². The van der Waals surface area contributed by atoms with E-state index in [-0.39, 0.29) is 6.04 Å². The summed E-state index contributed by atoms with van der Waals surface area (Å²) in [5.41, 5.74) is 1.79. The first-order valence-corrected chi connectivity index (χ1v) is 8.15. The SMILES string of the molecule is CCOC(=O)c1cnc2c(cnn2CC)c1N[C@@H]1CCN(C=O)C1. The number of rotatable bonds is 6. The number of nitrogens with one attached hydrogen (secondary N) is 1. The molecule has 1 N–H and O–H groups in total. The lowest BCUT2D eigenvalue weighted by atomic mass is 10.1. The molecule has 0 radical (unpaired) electrons.